The fourth-order valence-electron chi connectivity index (χ4n) is 6.39. The summed E-state index contributed by atoms with van der Waals surface area (Å²) in [5.74, 6) is 0.114. The summed E-state index contributed by atoms with van der Waals surface area (Å²) in [5, 5.41) is 4.57. The van der Waals surface area contributed by atoms with Crippen LogP contribution in [0.5, 0.6) is 0 Å². The Labute approximate surface area is 244 Å². The first-order valence-corrected chi connectivity index (χ1v) is 16.8. The van der Waals surface area contributed by atoms with E-state index in [1.807, 2.05) is 6.20 Å². The number of rotatable bonds is 12. The molecular formula is C32H45N5O3S. The highest BCUT2D eigenvalue weighted by Gasteiger charge is 2.30. The van der Waals surface area contributed by atoms with Gasteiger partial charge in [-0.3, -0.25) is 4.79 Å². The highest BCUT2D eigenvalue weighted by Crippen LogP contribution is 2.37. The number of nitrogens with two attached hydrogens (primary N) is 1. The van der Waals surface area contributed by atoms with Gasteiger partial charge in [0.2, 0.25) is 15.9 Å². The van der Waals surface area contributed by atoms with Crippen LogP contribution in [0.2, 0.25) is 0 Å². The van der Waals surface area contributed by atoms with Crippen molar-refractivity contribution < 1.29 is 13.2 Å². The number of H-pyrrole nitrogens is 1. The third-order valence-corrected chi connectivity index (χ3v) is 10.6. The predicted molar refractivity (Wildman–Crippen MR) is 166 cm³/mol. The van der Waals surface area contributed by atoms with Crippen LogP contribution in [0.4, 0.5) is 0 Å². The second-order valence-corrected chi connectivity index (χ2v) is 14.2. The molecule has 2 aliphatic rings. The van der Waals surface area contributed by atoms with Gasteiger partial charge in [-0.25, -0.2) is 12.7 Å². The molecule has 2 aromatic carbocycles. The molecule has 0 atom stereocenters. The van der Waals surface area contributed by atoms with Crippen LogP contribution in [-0.2, 0) is 27.8 Å². The largest absolute Gasteiger partial charge is 0.369 e. The van der Waals surface area contributed by atoms with Crippen LogP contribution in [0.3, 0.4) is 0 Å². The van der Waals surface area contributed by atoms with Crippen molar-refractivity contribution in [2.24, 2.45) is 5.73 Å². The second kappa shape index (κ2) is 13.1. The minimum atomic E-state index is -3.24. The number of amides is 1. The van der Waals surface area contributed by atoms with Crippen LogP contribution >= 0.6 is 0 Å². The molecule has 2 aliphatic heterocycles. The summed E-state index contributed by atoms with van der Waals surface area (Å²) in [6.45, 7) is 9.21. The number of likely N-dealkylation sites (tertiary alicyclic amines) is 1. The molecule has 3 heterocycles. The van der Waals surface area contributed by atoms with E-state index in [9.17, 15) is 13.2 Å². The summed E-state index contributed by atoms with van der Waals surface area (Å²) in [5.41, 5.74) is 12.0. The number of carbonyl (C=O) groups is 1. The van der Waals surface area contributed by atoms with Gasteiger partial charge in [0.15, 0.2) is 0 Å². The van der Waals surface area contributed by atoms with Gasteiger partial charge in [0.25, 0.3) is 0 Å². The van der Waals surface area contributed by atoms with Gasteiger partial charge in [0.1, 0.15) is 0 Å². The summed E-state index contributed by atoms with van der Waals surface area (Å²) in [6.07, 6.45) is 6.92. The fraction of sp³-hybridized carbons (Fsp3) is 0.531. The Morgan fingerprint density at radius 1 is 1.07 bits per heavy atom. The first kappa shape index (κ1) is 29.8. The van der Waals surface area contributed by atoms with Gasteiger partial charge >= 0.3 is 0 Å². The Bertz CT molecular complexity index is 1450. The SMILES string of the molecule is CC(C)NCc1cccc(-c2cc(CC(N)=O)c3[nH]cc(C4CCN(S(=O)(=O)CCCN5CCCC5)CC4)c3c2)c1. The Hall–Kier alpha value is -2.72. The van der Waals surface area contributed by atoms with Crippen LogP contribution < -0.4 is 11.1 Å². The maximum atomic E-state index is 13.1. The smallest absolute Gasteiger partial charge is 0.221 e. The first-order valence-electron chi connectivity index (χ1n) is 15.1. The third-order valence-electron chi connectivity index (χ3n) is 8.60. The number of benzene rings is 2. The van der Waals surface area contributed by atoms with Gasteiger partial charge in [-0.05, 0) is 104 Å². The van der Waals surface area contributed by atoms with Crippen molar-refractivity contribution in [3.8, 4) is 11.1 Å². The van der Waals surface area contributed by atoms with Crippen molar-refractivity contribution in [2.45, 2.75) is 70.9 Å². The number of aromatic nitrogens is 1. The van der Waals surface area contributed by atoms with Gasteiger partial charge in [0, 0.05) is 42.8 Å². The van der Waals surface area contributed by atoms with E-state index in [-0.39, 0.29) is 24.0 Å². The lowest BCUT2D eigenvalue weighted by Gasteiger charge is -2.31. The Morgan fingerprint density at radius 3 is 2.54 bits per heavy atom. The topological polar surface area (TPSA) is 112 Å². The number of hydrogen-bond donors (Lipinski definition) is 3. The van der Waals surface area contributed by atoms with Gasteiger partial charge in [-0.15, -0.1) is 0 Å². The number of carbonyl (C=O) groups excluding carboxylic acids is 1. The van der Waals surface area contributed by atoms with E-state index in [1.54, 1.807) is 4.31 Å². The number of nitrogens with zero attached hydrogens (tertiary/aromatic N) is 2. The van der Waals surface area contributed by atoms with Gasteiger partial charge < -0.3 is 20.9 Å². The molecule has 3 aromatic rings. The van der Waals surface area contributed by atoms with Crippen molar-refractivity contribution in [1.82, 2.24) is 19.5 Å². The minimum absolute atomic E-state index is 0.160. The molecule has 1 amide bonds. The Kier molecular flexibility index (Phi) is 9.49. The lowest BCUT2D eigenvalue weighted by Crippen LogP contribution is -2.39. The average molecular weight is 580 g/mol. The quantitative estimate of drug-likeness (QED) is 0.295. The number of primary amides is 1. The normalized spacial score (nSPS) is 17.6. The number of aromatic amines is 1. The van der Waals surface area contributed by atoms with Crippen molar-refractivity contribution >= 4 is 26.8 Å². The molecule has 41 heavy (non-hydrogen) atoms. The molecule has 0 bridgehead atoms. The lowest BCUT2D eigenvalue weighted by molar-refractivity contribution is -0.117. The van der Waals surface area contributed by atoms with E-state index in [1.165, 1.54) is 24.0 Å². The standard InChI is InChI=1S/C32H45N5O3S/c1-23(2)34-21-24-7-5-8-26(17-24)27-18-28(20-31(33)38)32-29(19-27)30(22-35-32)25-9-14-37(15-10-25)41(39,40)16-6-13-36-11-3-4-12-36/h5,7-8,17-19,22-23,25,34-35H,3-4,6,9-16,20-21H2,1-2H3,(H2,33,38). The van der Waals surface area contributed by atoms with Crippen LogP contribution in [0.1, 0.15) is 68.6 Å². The molecule has 8 nitrogen and oxygen atoms in total. The van der Waals surface area contributed by atoms with Crippen LogP contribution in [0.15, 0.2) is 42.6 Å². The second-order valence-electron chi connectivity index (χ2n) is 12.1. The highest BCUT2D eigenvalue weighted by molar-refractivity contribution is 7.89. The predicted octanol–water partition coefficient (Wildman–Crippen LogP) is 4.36. The molecule has 4 N–H and O–H groups in total. The zero-order chi connectivity index (χ0) is 29.0. The third kappa shape index (κ3) is 7.38. The molecule has 222 valence electrons. The van der Waals surface area contributed by atoms with E-state index in [0.717, 1.165) is 66.6 Å². The maximum Gasteiger partial charge on any atom is 0.221 e. The van der Waals surface area contributed by atoms with Crippen molar-refractivity contribution in [3.63, 3.8) is 0 Å². The van der Waals surface area contributed by atoms with Crippen molar-refractivity contribution in [3.05, 3.63) is 59.3 Å². The molecule has 9 heteroatoms. The summed E-state index contributed by atoms with van der Waals surface area (Å²) in [6, 6.07) is 13.2. The van der Waals surface area contributed by atoms with Crippen LogP contribution in [0.25, 0.3) is 22.0 Å². The Balaban J connectivity index is 1.34. The fourth-order valence-corrected chi connectivity index (χ4v) is 7.91. The molecule has 0 unspecified atom stereocenters. The zero-order valence-corrected chi connectivity index (χ0v) is 25.3. The molecule has 1 aromatic heterocycles. The van der Waals surface area contributed by atoms with E-state index in [2.05, 4.69) is 65.4 Å². The number of piperidine rings is 1. The van der Waals surface area contributed by atoms with E-state index in [0.29, 0.717) is 25.6 Å². The monoisotopic (exact) mass is 579 g/mol. The molecule has 0 radical (unpaired) electrons. The summed E-state index contributed by atoms with van der Waals surface area (Å²) < 4.78 is 27.9. The van der Waals surface area contributed by atoms with E-state index < -0.39 is 10.0 Å². The van der Waals surface area contributed by atoms with Gasteiger partial charge in [0.05, 0.1) is 12.2 Å². The molecular weight excluding hydrogens is 534 g/mol. The number of nitrogens with one attached hydrogen (secondary N) is 2. The zero-order valence-electron chi connectivity index (χ0n) is 24.5. The minimum Gasteiger partial charge on any atom is -0.369 e. The van der Waals surface area contributed by atoms with Gasteiger partial charge in [-0.1, -0.05) is 32.0 Å². The average Bonchev–Trinajstić information content (AvgIpc) is 3.62. The van der Waals surface area contributed by atoms with Crippen LogP contribution in [0, 0.1) is 0 Å². The van der Waals surface area contributed by atoms with Gasteiger partial charge in [-0.2, -0.15) is 0 Å². The number of fused-ring (bicyclic) bond motifs is 1. The summed E-state index contributed by atoms with van der Waals surface area (Å²) in [4.78, 5) is 17.8. The van der Waals surface area contributed by atoms with Crippen LogP contribution in [-0.4, -0.2) is 73.0 Å². The van der Waals surface area contributed by atoms with E-state index >= 15 is 0 Å². The molecule has 2 saturated heterocycles. The highest BCUT2D eigenvalue weighted by atomic mass is 32.2. The lowest BCUT2D eigenvalue weighted by atomic mass is 9.88. The molecule has 2 fully saturated rings. The molecule has 5 rings (SSSR count). The first-order chi connectivity index (χ1) is 19.7. The van der Waals surface area contributed by atoms with Crippen molar-refractivity contribution in [1.29, 1.82) is 0 Å². The maximum absolute atomic E-state index is 13.1. The summed E-state index contributed by atoms with van der Waals surface area (Å²) in [7, 11) is -3.24. The number of hydrogen-bond acceptors (Lipinski definition) is 5. The molecule has 0 aliphatic carbocycles. The summed E-state index contributed by atoms with van der Waals surface area (Å²) >= 11 is 0. The Morgan fingerprint density at radius 2 is 1.83 bits per heavy atom. The molecule has 0 saturated carbocycles. The molecule has 0 spiro atoms. The van der Waals surface area contributed by atoms with E-state index in [4.69, 9.17) is 5.73 Å². The number of sulfonamides is 1. The van der Waals surface area contributed by atoms with Crippen molar-refractivity contribution in [2.75, 3.05) is 38.5 Å².